The SMILES string of the molecule is CCCNC(C)c1c(F)cccc1N1CCC(O)CC1. The van der Waals surface area contributed by atoms with Crippen molar-refractivity contribution in [1.82, 2.24) is 5.32 Å². The van der Waals surface area contributed by atoms with Crippen molar-refractivity contribution in [2.75, 3.05) is 24.5 Å². The first-order chi connectivity index (χ1) is 9.63. The largest absolute Gasteiger partial charge is 0.393 e. The van der Waals surface area contributed by atoms with Crippen LogP contribution in [0.25, 0.3) is 0 Å². The number of aliphatic hydroxyl groups is 1. The highest BCUT2D eigenvalue weighted by Crippen LogP contribution is 2.30. The standard InChI is InChI=1S/C16H25FN2O/c1-3-9-18-12(2)16-14(17)5-4-6-15(16)19-10-7-13(20)8-11-19/h4-6,12-13,18,20H,3,7-11H2,1-2H3. The number of piperidine rings is 1. The quantitative estimate of drug-likeness (QED) is 0.870. The maximum Gasteiger partial charge on any atom is 0.130 e. The Balaban J connectivity index is 2.21. The Labute approximate surface area is 120 Å². The van der Waals surface area contributed by atoms with Gasteiger partial charge in [0, 0.05) is 30.4 Å². The molecule has 1 atom stereocenters. The highest BCUT2D eigenvalue weighted by atomic mass is 19.1. The van der Waals surface area contributed by atoms with Gasteiger partial charge in [0.25, 0.3) is 0 Å². The molecule has 0 spiro atoms. The molecule has 2 rings (SSSR count). The fourth-order valence-electron chi connectivity index (χ4n) is 2.80. The van der Waals surface area contributed by atoms with Gasteiger partial charge >= 0.3 is 0 Å². The number of aliphatic hydroxyl groups excluding tert-OH is 1. The third-order valence-electron chi connectivity index (χ3n) is 3.97. The van der Waals surface area contributed by atoms with E-state index in [9.17, 15) is 9.50 Å². The summed E-state index contributed by atoms with van der Waals surface area (Å²) in [5, 5.41) is 13.0. The lowest BCUT2D eigenvalue weighted by Gasteiger charge is -2.34. The molecule has 1 aromatic carbocycles. The van der Waals surface area contributed by atoms with E-state index in [1.54, 1.807) is 6.07 Å². The molecular formula is C16H25FN2O. The van der Waals surface area contributed by atoms with E-state index >= 15 is 0 Å². The predicted octanol–water partition coefficient (Wildman–Crippen LogP) is 2.85. The molecule has 1 fully saturated rings. The number of rotatable bonds is 5. The van der Waals surface area contributed by atoms with Gasteiger partial charge in [0.1, 0.15) is 5.82 Å². The molecule has 0 aliphatic carbocycles. The summed E-state index contributed by atoms with van der Waals surface area (Å²) in [4.78, 5) is 2.19. The minimum absolute atomic E-state index is 0.00185. The van der Waals surface area contributed by atoms with Crippen LogP contribution in [0.4, 0.5) is 10.1 Å². The molecule has 112 valence electrons. The lowest BCUT2D eigenvalue weighted by atomic mass is 10.0. The lowest BCUT2D eigenvalue weighted by Crippen LogP contribution is -2.37. The Morgan fingerprint density at radius 3 is 2.75 bits per heavy atom. The zero-order valence-corrected chi connectivity index (χ0v) is 12.4. The molecule has 0 bridgehead atoms. The zero-order valence-electron chi connectivity index (χ0n) is 12.4. The molecule has 1 saturated heterocycles. The molecule has 1 aromatic rings. The predicted molar refractivity (Wildman–Crippen MR) is 80.6 cm³/mol. The second-order valence-electron chi connectivity index (χ2n) is 5.57. The average molecular weight is 280 g/mol. The molecule has 1 aliphatic rings. The first kappa shape index (κ1) is 15.3. The molecule has 3 nitrogen and oxygen atoms in total. The van der Waals surface area contributed by atoms with E-state index in [-0.39, 0.29) is 18.0 Å². The topological polar surface area (TPSA) is 35.5 Å². The van der Waals surface area contributed by atoms with Crippen LogP contribution in [0.2, 0.25) is 0 Å². The molecule has 1 unspecified atom stereocenters. The monoisotopic (exact) mass is 280 g/mol. The van der Waals surface area contributed by atoms with Crippen LogP contribution in [0.1, 0.15) is 44.7 Å². The van der Waals surface area contributed by atoms with E-state index in [1.807, 2.05) is 13.0 Å². The smallest absolute Gasteiger partial charge is 0.130 e. The number of benzene rings is 1. The summed E-state index contributed by atoms with van der Waals surface area (Å²) in [7, 11) is 0. The summed E-state index contributed by atoms with van der Waals surface area (Å²) in [6.45, 7) is 6.58. The van der Waals surface area contributed by atoms with Gasteiger partial charge in [0.2, 0.25) is 0 Å². The first-order valence-electron chi connectivity index (χ1n) is 7.58. The van der Waals surface area contributed by atoms with Gasteiger partial charge in [-0.25, -0.2) is 4.39 Å². The number of halogens is 1. The van der Waals surface area contributed by atoms with Crippen molar-refractivity contribution in [3.8, 4) is 0 Å². The van der Waals surface area contributed by atoms with Crippen LogP contribution in [0.15, 0.2) is 18.2 Å². The molecule has 0 aromatic heterocycles. The minimum Gasteiger partial charge on any atom is -0.393 e. The Hall–Kier alpha value is -1.13. The fraction of sp³-hybridized carbons (Fsp3) is 0.625. The first-order valence-corrected chi connectivity index (χ1v) is 7.58. The molecule has 2 N–H and O–H groups in total. The molecule has 4 heteroatoms. The second-order valence-corrected chi connectivity index (χ2v) is 5.57. The maximum atomic E-state index is 14.2. The van der Waals surface area contributed by atoms with Crippen LogP contribution in [0.3, 0.4) is 0 Å². The summed E-state index contributed by atoms with van der Waals surface area (Å²) in [5.74, 6) is -0.148. The molecule has 0 amide bonds. The van der Waals surface area contributed by atoms with Crippen LogP contribution in [0, 0.1) is 5.82 Å². The van der Waals surface area contributed by atoms with Crippen molar-refractivity contribution < 1.29 is 9.50 Å². The number of hydrogen-bond donors (Lipinski definition) is 2. The van der Waals surface area contributed by atoms with Crippen LogP contribution in [-0.2, 0) is 0 Å². The van der Waals surface area contributed by atoms with E-state index < -0.39 is 0 Å². The third kappa shape index (κ3) is 3.49. The van der Waals surface area contributed by atoms with E-state index in [2.05, 4.69) is 17.1 Å². The van der Waals surface area contributed by atoms with Gasteiger partial charge < -0.3 is 15.3 Å². The van der Waals surface area contributed by atoms with Crippen LogP contribution < -0.4 is 10.2 Å². The Morgan fingerprint density at radius 1 is 1.40 bits per heavy atom. The summed E-state index contributed by atoms with van der Waals surface area (Å²) in [6, 6.07) is 5.28. The van der Waals surface area contributed by atoms with Gasteiger partial charge in [-0.2, -0.15) is 0 Å². The third-order valence-corrected chi connectivity index (χ3v) is 3.97. The number of nitrogens with zero attached hydrogens (tertiary/aromatic N) is 1. The Kier molecular flexibility index (Phi) is 5.38. The van der Waals surface area contributed by atoms with Crippen molar-refractivity contribution in [2.45, 2.75) is 45.3 Å². The Bertz CT molecular complexity index is 430. The second kappa shape index (κ2) is 7.04. The van der Waals surface area contributed by atoms with E-state index in [4.69, 9.17) is 0 Å². The fourth-order valence-corrected chi connectivity index (χ4v) is 2.80. The van der Waals surface area contributed by atoms with Gasteiger partial charge in [-0.05, 0) is 44.9 Å². The minimum atomic E-state index is -0.209. The van der Waals surface area contributed by atoms with Crippen molar-refractivity contribution in [2.24, 2.45) is 0 Å². The van der Waals surface area contributed by atoms with E-state index in [0.29, 0.717) is 0 Å². The number of hydrogen-bond acceptors (Lipinski definition) is 3. The van der Waals surface area contributed by atoms with Crippen LogP contribution >= 0.6 is 0 Å². The average Bonchev–Trinajstić information content (AvgIpc) is 2.45. The molecule has 1 aliphatic heterocycles. The molecule has 20 heavy (non-hydrogen) atoms. The molecule has 0 radical (unpaired) electrons. The van der Waals surface area contributed by atoms with Crippen LogP contribution in [-0.4, -0.2) is 30.8 Å². The Morgan fingerprint density at radius 2 is 2.10 bits per heavy atom. The summed E-state index contributed by atoms with van der Waals surface area (Å²) < 4.78 is 14.2. The highest BCUT2D eigenvalue weighted by Gasteiger charge is 2.23. The molecule has 0 saturated carbocycles. The van der Waals surface area contributed by atoms with Crippen molar-refractivity contribution in [3.05, 3.63) is 29.6 Å². The van der Waals surface area contributed by atoms with Gasteiger partial charge in [-0.15, -0.1) is 0 Å². The summed E-state index contributed by atoms with van der Waals surface area (Å²) >= 11 is 0. The van der Waals surface area contributed by atoms with Gasteiger partial charge in [-0.1, -0.05) is 13.0 Å². The number of nitrogens with one attached hydrogen (secondary N) is 1. The van der Waals surface area contributed by atoms with Crippen molar-refractivity contribution >= 4 is 5.69 Å². The molecular weight excluding hydrogens is 255 g/mol. The van der Waals surface area contributed by atoms with Gasteiger partial charge in [-0.3, -0.25) is 0 Å². The zero-order chi connectivity index (χ0) is 14.5. The summed E-state index contributed by atoms with van der Waals surface area (Å²) in [5.41, 5.74) is 1.71. The lowest BCUT2D eigenvalue weighted by molar-refractivity contribution is 0.145. The van der Waals surface area contributed by atoms with Crippen molar-refractivity contribution in [3.63, 3.8) is 0 Å². The van der Waals surface area contributed by atoms with Crippen LogP contribution in [0.5, 0.6) is 0 Å². The number of anilines is 1. The van der Waals surface area contributed by atoms with E-state index in [1.165, 1.54) is 6.07 Å². The highest BCUT2D eigenvalue weighted by molar-refractivity contribution is 5.56. The van der Waals surface area contributed by atoms with Crippen molar-refractivity contribution in [1.29, 1.82) is 0 Å². The maximum absolute atomic E-state index is 14.2. The summed E-state index contributed by atoms with van der Waals surface area (Å²) in [6.07, 6.45) is 2.34. The van der Waals surface area contributed by atoms with Gasteiger partial charge in [0.05, 0.1) is 6.10 Å². The molecule has 1 heterocycles. The van der Waals surface area contributed by atoms with Gasteiger partial charge in [0.15, 0.2) is 0 Å². The van der Waals surface area contributed by atoms with E-state index in [0.717, 1.165) is 50.1 Å². The normalized spacial score (nSPS) is 18.3.